The summed E-state index contributed by atoms with van der Waals surface area (Å²) < 4.78 is 0. The lowest BCUT2D eigenvalue weighted by atomic mass is 10.1. The van der Waals surface area contributed by atoms with E-state index in [9.17, 15) is 0 Å². The average molecular weight is 287 g/mol. The van der Waals surface area contributed by atoms with E-state index in [1.165, 1.54) is 68.7 Å². The highest BCUT2D eigenvalue weighted by Gasteiger charge is 2.29. The Morgan fingerprint density at radius 3 is 2.67 bits per heavy atom. The number of likely N-dealkylation sites (tertiary alicyclic amines) is 1. The highest BCUT2D eigenvalue weighted by molar-refractivity contribution is 5.55. The van der Waals surface area contributed by atoms with Crippen LogP contribution in [0.15, 0.2) is 18.2 Å². The fraction of sp³-hybridized carbons (Fsp3) is 0.667. The molecule has 0 bridgehead atoms. The zero-order valence-corrected chi connectivity index (χ0v) is 13.4. The molecule has 0 aromatic heterocycles. The third-order valence-electron chi connectivity index (χ3n) is 5.11. The summed E-state index contributed by atoms with van der Waals surface area (Å²) in [5.41, 5.74) is 9.85. The smallest absolute Gasteiger partial charge is 0.0396 e. The molecule has 116 valence electrons. The third-order valence-corrected chi connectivity index (χ3v) is 5.11. The molecule has 2 N–H and O–H groups in total. The maximum absolute atomic E-state index is 5.66. The quantitative estimate of drug-likeness (QED) is 0.924. The SMILES string of the molecule is Cc1cc(CCN)ccc1N1CCC(N2CCCCC2)C1. The van der Waals surface area contributed by atoms with Gasteiger partial charge in [-0.15, -0.1) is 0 Å². The minimum absolute atomic E-state index is 0.736. The van der Waals surface area contributed by atoms with Crippen molar-refractivity contribution in [2.24, 2.45) is 5.73 Å². The first kappa shape index (κ1) is 14.9. The molecule has 2 saturated heterocycles. The summed E-state index contributed by atoms with van der Waals surface area (Å²) in [5.74, 6) is 0. The summed E-state index contributed by atoms with van der Waals surface area (Å²) in [7, 11) is 0. The van der Waals surface area contributed by atoms with Gasteiger partial charge < -0.3 is 10.6 Å². The van der Waals surface area contributed by atoms with E-state index < -0.39 is 0 Å². The molecule has 3 heteroatoms. The van der Waals surface area contributed by atoms with Crippen LogP contribution in [0.5, 0.6) is 0 Å². The van der Waals surface area contributed by atoms with Crippen LogP contribution in [0.4, 0.5) is 5.69 Å². The van der Waals surface area contributed by atoms with Crippen LogP contribution < -0.4 is 10.6 Å². The van der Waals surface area contributed by atoms with Crippen LogP contribution in [0.2, 0.25) is 0 Å². The minimum atomic E-state index is 0.736. The lowest BCUT2D eigenvalue weighted by molar-refractivity contribution is 0.175. The number of nitrogens with zero attached hydrogens (tertiary/aromatic N) is 2. The number of piperidine rings is 1. The van der Waals surface area contributed by atoms with Crippen LogP contribution in [0.25, 0.3) is 0 Å². The molecule has 0 amide bonds. The van der Waals surface area contributed by atoms with Crippen LogP contribution in [0.1, 0.15) is 36.8 Å². The first-order valence-corrected chi connectivity index (χ1v) is 8.56. The Morgan fingerprint density at radius 2 is 1.95 bits per heavy atom. The maximum Gasteiger partial charge on any atom is 0.0396 e. The van der Waals surface area contributed by atoms with Crippen molar-refractivity contribution in [3.05, 3.63) is 29.3 Å². The molecular formula is C18H29N3. The van der Waals surface area contributed by atoms with Crippen LogP contribution in [-0.2, 0) is 6.42 Å². The molecule has 0 radical (unpaired) electrons. The number of benzene rings is 1. The maximum atomic E-state index is 5.66. The average Bonchev–Trinajstić information content (AvgIpc) is 2.98. The summed E-state index contributed by atoms with van der Waals surface area (Å²) in [4.78, 5) is 5.31. The molecular weight excluding hydrogens is 258 g/mol. The fourth-order valence-electron chi connectivity index (χ4n) is 3.94. The van der Waals surface area contributed by atoms with Crippen molar-refractivity contribution in [1.29, 1.82) is 0 Å². The van der Waals surface area contributed by atoms with E-state index in [1.54, 1.807) is 0 Å². The van der Waals surface area contributed by atoms with Crippen molar-refractivity contribution < 1.29 is 0 Å². The largest absolute Gasteiger partial charge is 0.370 e. The van der Waals surface area contributed by atoms with Crippen LogP contribution >= 0.6 is 0 Å². The third kappa shape index (κ3) is 3.41. The predicted octanol–water partition coefficient (Wildman–Crippen LogP) is 2.56. The van der Waals surface area contributed by atoms with E-state index in [1.807, 2.05) is 0 Å². The van der Waals surface area contributed by atoms with E-state index >= 15 is 0 Å². The molecule has 2 fully saturated rings. The Labute approximate surface area is 129 Å². The van der Waals surface area contributed by atoms with Gasteiger partial charge in [0.1, 0.15) is 0 Å². The monoisotopic (exact) mass is 287 g/mol. The fourth-order valence-corrected chi connectivity index (χ4v) is 3.94. The number of anilines is 1. The second kappa shape index (κ2) is 6.80. The van der Waals surface area contributed by atoms with E-state index in [4.69, 9.17) is 5.73 Å². The summed E-state index contributed by atoms with van der Waals surface area (Å²) in [6, 6.07) is 7.65. The molecule has 1 aromatic carbocycles. The Hall–Kier alpha value is -1.06. The van der Waals surface area contributed by atoms with Gasteiger partial charge in [0, 0.05) is 24.8 Å². The number of hydrogen-bond acceptors (Lipinski definition) is 3. The molecule has 0 aliphatic carbocycles. The molecule has 3 nitrogen and oxygen atoms in total. The van der Waals surface area contributed by atoms with Crippen molar-refractivity contribution in [2.75, 3.05) is 37.6 Å². The standard InChI is InChI=1S/C18H29N3/c1-15-13-16(7-9-19)5-6-18(15)21-12-8-17(14-21)20-10-3-2-4-11-20/h5-6,13,17H,2-4,7-12,14,19H2,1H3. The summed E-state index contributed by atoms with van der Waals surface area (Å²) in [6.07, 6.45) is 6.52. The van der Waals surface area contributed by atoms with Crippen LogP contribution in [-0.4, -0.2) is 43.7 Å². The number of hydrogen-bond donors (Lipinski definition) is 1. The number of aryl methyl sites for hydroxylation is 1. The van der Waals surface area contributed by atoms with Gasteiger partial charge in [-0.05, 0) is 69.4 Å². The van der Waals surface area contributed by atoms with Crippen molar-refractivity contribution in [2.45, 2.75) is 45.1 Å². The van der Waals surface area contributed by atoms with E-state index in [0.717, 1.165) is 19.0 Å². The summed E-state index contributed by atoms with van der Waals surface area (Å²) in [6.45, 7) is 8.01. The Morgan fingerprint density at radius 1 is 1.14 bits per heavy atom. The molecule has 1 unspecified atom stereocenters. The van der Waals surface area contributed by atoms with Gasteiger partial charge in [-0.25, -0.2) is 0 Å². The molecule has 2 heterocycles. The first-order chi connectivity index (χ1) is 10.3. The molecule has 0 saturated carbocycles. The van der Waals surface area contributed by atoms with Gasteiger partial charge in [0.05, 0.1) is 0 Å². The zero-order chi connectivity index (χ0) is 14.7. The van der Waals surface area contributed by atoms with E-state index in [2.05, 4.69) is 34.9 Å². The van der Waals surface area contributed by atoms with Gasteiger partial charge in [-0.1, -0.05) is 18.6 Å². The van der Waals surface area contributed by atoms with Crippen molar-refractivity contribution in [1.82, 2.24) is 4.90 Å². The van der Waals surface area contributed by atoms with Gasteiger partial charge in [-0.3, -0.25) is 4.90 Å². The number of nitrogens with two attached hydrogens (primary N) is 1. The van der Waals surface area contributed by atoms with E-state index in [0.29, 0.717) is 0 Å². The molecule has 2 aliphatic rings. The van der Waals surface area contributed by atoms with Gasteiger partial charge in [0.2, 0.25) is 0 Å². The second-order valence-electron chi connectivity index (χ2n) is 6.64. The zero-order valence-electron chi connectivity index (χ0n) is 13.4. The molecule has 1 aromatic rings. The highest BCUT2D eigenvalue weighted by atomic mass is 15.3. The Balaban J connectivity index is 1.65. The predicted molar refractivity (Wildman–Crippen MR) is 90.0 cm³/mol. The Bertz CT molecular complexity index is 466. The van der Waals surface area contributed by atoms with Crippen molar-refractivity contribution >= 4 is 5.69 Å². The molecule has 2 aliphatic heterocycles. The molecule has 3 rings (SSSR count). The van der Waals surface area contributed by atoms with Crippen LogP contribution in [0.3, 0.4) is 0 Å². The lowest BCUT2D eigenvalue weighted by Crippen LogP contribution is -2.40. The first-order valence-electron chi connectivity index (χ1n) is 8.56. The highest BCUT2D eigenvalue weighted by Crippen LogP contribution is 2.28. The summed E-state index contributed by atoms with van der Waals surface area (Å²) >= 11 is 0. The number of rotatable bonds is 4. The second-order valence-corrected chi connectivity index (χ2v) is 6.64. The van der Waals surface area contributed by atoms with Gasteiger partial charge in [0.15, 0.2) is 0 Å². The van der Waals surface area contributed by atoms with Gasteiger partial charge >= 0.3 is 0 Å². The minimum Gasteiger partial charge on any atom is -0.370 e. The van der Waals surface area contributed by atoms with Crippen molar-refractivity contribution in [3.8, 4) is 0 Å². The topological polar surface area (TPSA) is 32.5 Å². The van der Waals surface area contributed by atoms with Gasteiger partial charge in [0.25, 0.3) is 0 Å². The lowest BCUT2D eigenvalue weighted by Gasteiger charge is -2.32. The summed E-state index contributed by atoms with van der Waals surface area (Å²) in [5, 5.41) is 0. The molecule has 0 spiro atoms. The van der Waals surface area contributed by atoms with Gasteiger partial charge in [-0.2, -0.15) is 0 Å². The molecule has 1 atom stereocenters. The van der Waals surface area contributed by atoms with Crippen molar-refractivity contribution in [3.63, 3.8) is 0 Å². The normalized spacial score (nSPS) is 23.7. The van der Waals surface area contributed by atoms with E-state index in [-0.39, 0.29) is 0 Å². The van der Waals surface area contributed by atoms with Crippen LogP contribution in [0, 0.1) is 6.92 Å². The molecule has 21 heavy (non-hydrogen) atoms. The Kier molecular flexibility index (Phi) is 4.81.